The van der Waals surface area contributed by atoms with Crippen LogP contribution in [0.2, 0.25) is 0 Å². The number of hydrogen-bond acceptors (Lipinski definition) is 3. The number of hydrogen-bond donors (Lipinski definition) is 0. The van der Waals surface area contributed by atoms with Crippen molar-refractivity contribution >= 4 is 33.9 Å². The Labute approximate surface area is 121 Å². The monoisotopic (exact) mass is 278 g/mol. The van der Waals surface area contributed by atoms with E-state index in [1.807, 2.05) is 24.3 Å². The van der Waals surface area contributed by atoms with E-state index in [0.717, 1.165) is 10.8 Å². The molecule has 1 heterocycles. The van der Waals surface area contributed by atoms with Gasteiger partial charge in [-0.25, -0.2) is 0 Å². The Hall–Kier alpha value is -2.81. The molecule has 0 fully saturated rings. The number of benzene rings is 2. The molecule has 0 aliphatic rings. The van der Waals surface area contributed by atoms with E-state index in [1.54, 1.807) is 13.2 Å². The van der Waals surface area contributed by atoms with Gasteiger partial charge >= 0.3 is 0 Å². The maximum atomic E-state index is 12.7. The first-order valence-electron chi connectivity index (χ1n) is 6.52. The second-order valence-electron chi connectivity index (χ2n) is 4.64. The molecule has 0 saturated heterocycles. The van der Waals surface area contributed by atoms with Crippen molar-refractivity contribution in [1.29, 1.82) is 0 Å². The smallest absolute Gasteiger partial charge is 0.201 e. The van der Waals surface area contributed by atoms with Crippen molar-refractivity contribution in [3.8, 4) is 5.75 Å². The number of rotatable bonds is 3. The van der Waals surface area contributed by atoms with Crippen LogP contribution in [0.25, 0.3) is 33.9 Å². The summed E-state index contributed by atoms with van der Waals surface area (Å²) in [5.41, 5.74) is 0.842. The molecular weight excluding hydrogens is 264 g/mol. The third-order valence-electron chi connectivity index (χ3n) is 3.54. The summed E-state index contributed by atoms with van der Waals surface area (Å²) in [4.78, 5) is 12.7. The normalized spacial score (nSPS) is 10.7. The highest BCUT2D eigenvalue weighted by atomic mass is 16.5. The molecule has 2 aromatic carbocycles. The zero-order chi connectivity index (χ0) is 15.0. The first-order chi connectivity index (χ1) is 10.2. The molecule has 104 valence electrons. The highest BCUT2D eigenvalue weighted by Gasteiger charge is 2.13. The van der Waals surface area contributed by atoms with Crippen LogP contribution in [0.15, 0.2) is 52.7 Å². The molecule has 0 saturated carbocycles. The van der Waals surface area contributed by atoms with Gasteiger partial charge in [-0.3, -0.25) is 4.79 Å². The Morgan fingerprint density at radius 3 is 2.57 bits per heavy atom. The van der Waals surface area contributed by atoms with E-state index in [-0.39, 0.29) is 5.43 Å². The first-order valence-corrected chi connectivity index (χ1v) is 6.52. The fourth-order valence-corrected chi connectivity index (χ4v) is 2.49. The molecule has 21 heavy (non-hydrogen) atoms. The molecule has 0 amide bonds. The van der Waals surface area contributed by atoms with Crippen LogP contribution in [0, 0.1) is 0 Å². The quantitative estimate of drug-likeness (QED) is 0.673. The van der Waals surface area contributed by atoms with Crippen molar-refractivity contribution in [3.63, 3.8) is 0 Å². The predicted octanol–water partition coefficient (Wildman–Crippen LogP) is 4.24. The molecule has 0 atom stereocenters. The van der Waals surface area contributed by atoms with Crippen molar-refractivity contribution in [2.45, 2.75) is 0 Å². The van der Waals surface area contributed by atoms with E-state index in [9.17, 15) is 4.79 Å². The van der Waals surface area contributed by atoms with E-state index in [4.69, 9.17) is 9.15 Å². The van der Waals surface area contributed by atoms with Crippen LogP contribution in [0.4, 0.5) is 0 Å². The van der Waals surface area contributed by atoms with Crippen molar-refractivity contribution in [2.75, 3.05) is 7.11 Å². The zero-order valence-corrected chi connectivity index (χ0v) is 11.7. The summed E-state index contributed by atoms with van der Waals surface area (Å²) in [6, 6.07) is 9.34. The van der Waals surface area contributed by atoms with Crippen LogP contribution < -0.4 is 10.2 Å². The summed E-state index contributed by atoms with van der Waals surface area (Å²) >= 11 is 0. The van der Waals surface area contributed by atoms with Gasteiger partial charge in [-0.2, -0.15) is 0 Å². The lowest BCUT2D eigenvalue weighted by Crippen LogP contribution is -2.08. The minimum Gasteiger partial charge on any atom is -0.497 e. The molecule has 1 aromatic heterocycles. The molecule has 0 N–H and O–H groups in total. The molecule has 3 heteroatoms. The van der Waals surface area contributed by atoms with Crippen molar-refractivity contribution in [2.24, 2.45) is 0 Å². The molecule has 0 aliphatic heterocycles. The third kappa shape index (κ3) is 1.94. The molecule has 3 rings (SSSR count). The number of ether oxygens (including phenoxy) is 1. The van der Waals surface area contributed by atoms with E-state index >= 15 is 0 Å². The predicted molar refractivity (Wildman–Crippen MR) is 86.7 cm³/mol. The topological polar surface area (TPSA) is 39.4 Å². The molecule has 0 aliphatic carbocycles. The number of methoxy groups -OCH3 is 1. The van der Waals surface area contributed by atoms with Crippen LogP contribution in [0.3, 0.4) is 0 Å². The van der Waals surface area contributed by atoms with Gasteiger partial charge in [-0.15, -0.1) is 0 Å². The van der Waals surface area contributed by atoms with Gasteiger partial charge in [0.15, 0.2) is 0 Å². The molecular formula is C18H14O3. The van der Waals surface area contributed by atoms with Crippen LogP contribution in [0.1, 0.15) is 11.3 Å². The van der Waals surface area contributed by atoms with Crippen LogP contribution in [-0.4, -0.2) is 7.11 Å². The minimum atomic E-state index is -0.111. The van der Waals surface area contributed by atoms with Gasteiger partial charge in [0.2, 0.25) is 5.43 Å². The standard InChI is InChI=1S/C18H14O3/c1-4-13-15(5-2)21-16-9-7-11-6-8-12(20-3)10-14(11)17(16)18(13)19/h4-10H,1-2H2,3H3. The summed E-state index contributed by atoms with van der Waals surface area (Å²) in [6.07, 6.45) is 3.02. The highest BCUT2D eigenvalue weighted by Crippen LogP contribution is 2.28. The Balaban J connectivity index is 2.57. The second-order valence-corrected chi connectivity index (χ2v) is 4.64. The van der Waals surface area contributed by atoms with E-state index in [0.29, 0.717) is 28.0 Å². The lowest BCUT2D eigenvalue weighted by atomic mass is 10.0. The Morgan fingerprint density at radius 1 is 1.14 bits per heavy atom. The third-order valence-corrected chi connectivity index (χ3v) is 3.54. The molecule has 0 bridgehead atoms. The minimum absolute atomic E-state index is 0.111. The largest absolute Gasteiger partial charge is 0.497 e. The second kappa shape index (κ2) is 4.94. The summed E-state index contributed by atoms with van der Waals surface area (Å²) in [5, 5.41) is 2.29. The summed E-state index contributed by atoms with van der Waals surface area (Å²) in [7, 11) is 1.60. The van der Waals surface area contributed by atoms with Crippen molar-refractivity contribution in [1.82, 2.24) is 0 Å². The van der Waals surface area contributed by atoms with Gasteiger partial charge in [-0.1, -0.05) is 31.4 Å². The number of fused-ring (bicyclic) bond motifs is 3. The summed E-state index contributed by atoms with van der Waals surface area (Å²) in [5.74, 6) is 1.13. The summed E-state index contributed by atoms with van der Waals surface area (Å²) in [6.45, 7) is 7.37. The average Bonchev–Trinajstić information content (AvgIpc) is 2.53. The summed E-state index contributed by atoms with van der Waals surface area (Å²) < 4.78 is 11.0. The van der Waals surface area contributed by atoms with Crippen LogP contribution >= 0.6 is 0 Å². The van der Waals surface area contributed by atoms with Crippen LogP contribution in [-0.2, 0) is 0 Å². The van der Waals surface area contributed by atoms with Gasteiger partial charge in [0.25, 0.3) is 0 Å². The maximum Gasteiger partial charge on any atom is 0.201 e. The SMILES string of the molecule is C=Cc1oc2ccc3ccc(OC)cc3c2c(=O)c1C=C. The lowest BCUT2D eigenvalue weighted by Gasteiger charge is -2.08. The molecule has 3 nitrogen and oxygen atoms in total. The zero-order valence-electron chi connectivity index (χ0n) is 11.7. The van der Waals surface area contributed by atoms with Gasteiger partial charge in [0.05, 0.1) is 18.1 Å². The van der Waals surface area contributed by atoms with E-state index in [1.165, 1.54) is 12.2 Å². The lowest BCUT2D eigenvalue weighted by molar-refractivity contribution is 0.415. The molecule has 0 spiro atoms. The average molecular weight is 278 g/mol. The molecule has 0 unspecified atom stereocenters. The van der Waals surface area contributed by atoms with Gasteiger partial charge in [-0.05, 0) is 29.7 Å². The van der Waals surface area contributed by atoms with Crippen molar-refractivity contribution < 1.29 is 9.15 Å². The van der Waals surface area contributed by atoms with E-state index < -0.39 is 0 Å². The van der Waals surface area contributed by atoms with Gasteiger partial charge in [0, 0.05) is 5.39 Å². The first kappa shape index (κ1) is 13.2. The Morgan fingerprint density at radius 2 is 1.90 bits per heavy atom. The molecule has 0 radical (unpaired) electrons. The van der Waals surface area contributed by atoms with E-state index in [2.05, 4.69) is 13.2 Å². The van der Waals surface area contributed by atoms with Gasteiger partial charge < -0.3 is 9.15 Å². The Kier molecular flexibility index (Phi) is 3.10. The van der Waals surface area contributed by atoms with Crippen molar-refractivity contribution in [3.05, 3.63) is 65.0 Å². The fourth-order valence-electron chi connectivity index (χ4n) is 2.49. The highest BCUT2D eigenvalue weighted by molar-refractivity contribution is 6.06. The maximum absolute atomic E-state index is 12.7. The Bertz CT molecular complexity index is 932. The van der Waals surface area contributed by atoms with Crippen LogP contribution in [0.5, 0.6) is 5.75 Å². The van der Waals surface area contributed by atoms with Gasteiger partial charge in [0.1, 0.15) is 17.1 Å². The molecule has 3 aromatic rings. The fraction of sp³-hybridized carbons (Fsp3) is 0.0556.